The van der Waals surface area contributed by atoms with Gasteiger partial charge in [0.1, 0.15) is 5.75 Å². The van der Waals surface area contributed by atoms with Crippen LogP contribution >= 0.6 is 0 Å². The molecule has 1 unspecified atom stereocenters. The molecule has 3 rings (SSSR count). The molecule has 150 valence electrons. The summed E-state index contributed by atoms with van der Waals surface area (Å²) in [5.41, 5.74) is 3.04. The Hall–Kier alpha value is -2.73. The lowest BCUT2D eigenvalue weighted by Gasteiger charge is -2.39. The average molecular weight is 383 g/mol. The number of anilines is 2. The van der Waals surface area contributed by atoms with Crippen LogP contribution < -0.4 is 20.3 Å². The third-order valence-electron chi connectivity index (χ3n) is 5.22. The summed E-state index contributed by atoms with van der Waals surface area (Å²) in [6, 6.07) is 16.3. The van der Waals surface area contributed by atoms with Crippen molar-refractivity contribution in [3.05, 3.63) is 54.1 Å². The Kier molecular flexibility index (Phi) is 6.76. The maximum Gasteiger partial charge on any atom is 0.319 e. The Morgan fingerprint density at radius 1 is 1.11 bits per heavy atom. The fourth-order valence-corrected chi connectivity index (χ4v) is 3.50. The number of piperazine rings is 1. The summed E-state index contributed by atoms with van der Waals surface area (Å²) >= 11 is 0. The zero-order chi connectivity index (χ0) is 19.9. The lowest BCUT2D eigenvalue weighted by molar-refractivity contribution is 0.192. The van der Waals surface area contributed by atoms with Gasteiger partial charge in [0.2, 0.25) is 0 Å². The summed E-state index contributed by atoms with van der Waals surface area (Å²) in [5.74, 6) is 0.667. The Labute approximate surface area is 167 Å². The number of carbonyl (C=O) groups is 1. The van der Waals surface area contributed by atoms with Crippen LogP contribution in [0.25, 0.3) is 0 Å². The fraction of sp³-hybridized carbons (Fsp3) is 0.409. The number of aryl methyl sites for hydroxylation is 1. The number of urea groups is 1. The van der Waals surface area contributed by atoms with E-state index in [0.717, 1.165) is 31.7 Å². The quantitative estimate of drug-likeness (QED) is 0.805. The fourth-order valence-electron chi connectivity index (χ4n) is 3.50. The van der Waals surface area contributed by atoms with Crippen LogP contribution in [-0.4, -0.2) is 56.8 Å². The van der Waals surface area contributed by atoms with Gasteiger partial charge in [-0.25, -0.2) is 4.79 Å². The van der Waals surface area contributed by atoms with E-state index < -0.39 is 0 Å². The molecule has 0 spiro atoms. The van der Waals surface area contributed by atoms with Crippen molar-refractivity contribution in [3.63, 3.8) is 0 Å². The minimum absolute atomic E-state index is 0.211. The summed E-state index contributed by atoms with van der Waals surface area (Å²) in [6.07, 6.45) is 0. The number of nitrogens with one attached hydrogen (secondary N) is 2. The molecule has 0 bridgehead atoms. The van der Waals surface area contributed by atoms with E-state index in [2.05, 4.69) is 51.6 Å². The summed E-state index contributed by atoms with van der Waals surface area (Å²) in [5, 5.41) is 5.85. The van der Waals surface area contributed by atoms with Gasteiger partial charge >= 0.3 is 6.03 Å². The molecule has 28 heavy (non-hydrogen) atoms. The van der Waals surface area contributed by atoms with Crippen LogP contribution in [0.3, 0.4) is 0 Å². The normalized spacial score (nSPS) is 15.8. The molecule has 2 aromatic carbocycles. The Balaban J connectivity index is 1.44. The van der Waals surface area contributed by atoms with Crippen molar-refractivity contribution in [2.45, 2.75) is 19.9 Å². The Morgan fingerprint density at radius 2 is 1.82 bits per heavy atom. The van der Waals surface area contributed by atoms with Crippen molar-refractivity contribution >= 4 is 17.4 Å². The number of benzene rings is 2. The molecule has 1 aliphatic rings. The maximum absolute atomic E-state index is 12.3. The molecule has 1 atom stereocenters. The molecule has 1 aliphatic heterocycles. The second-order valence-electron chi connectivity index (χ2n) is 7.25. The minimum Gasteiger partial charge on any atom is -0.495 e. The summed E-state index contributed by atoms with van der Waals surface area (Å²) in [4.78, 5) is 17.1. The second kappa shape index (κ2) is 9.46. The first-order valence-corrected chi connectivity index (χ1v) is 9.80. The van der Waals surface area contributed by atoms with Gasteiger partial charge in [-0.1, -0.05) is 24.3 Å². The number of methoxy groups -OCH3 is 1. The van der Waals surface area contributed by atoms with E-state index in [9.17, 15) is 4.79 Å². The number of hydrogen-bond acceptors (Lipinski definition) is 4. The Bertz CT molecular complexity index is 773. The van der Waals surface area contributed by atoms with Crippen LogP contribution in [0.1, 0.15) is 12.5 Å². The smallest absolute Gasteiger partial charge is 0.319 e. The zero-order valence-corrected chi connectivity index (χ0v) is 16.9. The van der Waals surface area contributed by atoms with Crippen molar-refractivity contribution in [1.82, 2.24) is 10.2 Å². The van der Waals surface area contributed by atoms with E-state index >= 15 is 0 Å². The molecule has 0 aromatic heterocycles. The van der Waals surface area contributed by atoms with Gasteiger partial charge in [0, 0.05) is 44.5 Å². The van der Waals surface area contributed by atoms with Crippen LogP contribution in [0.4, 0.5) is 16.2 Å². The highest BCUT2D eigenvalue weighted by Gasteiger charge is 2.21. The molecule has 6 nitrogen and oxygen atoms in total. The summed E-state index contributed by atoms with van der Waals surface area (Å²) in [6.45, 7) is 8.74. The number of amides is 2. The molecular formula is C22H30N4O2. The van der Waals surface area contributed by atoms with Gasteiger partial charge in [-0.3, -0.25) is 4.90 Å². The van der Waals surface area contributed by atoms with Crippen LogP contribution in [0.2, 0.25) is 0 Å². The van der Waals surface area contributed by atoms with Crippen molar-refractivity contribution in [2.24, 2.45) is 0 Å². The Morgan fingerprint density at radius 3 is 2.50 bits per heavy atom. The van der Waals surface area contributed by atoms with Gasteiger partial charge in [0.05, 0.1) is 12.8 Å². The van der Waals surface area contributed by atoms with Crippen LogP contribution in [0, 0.1) is 6.92 Å². The van der Waals surface area contributed by atoms with E-state index in [-0.39, 0.29) is 12.1 Å². The number of nitrogens with zero attached hydrogens (tertiary/aromatic N) is 2. The van der Waals surface area contributed by atoms with E-state index in [4.69, 9.17) is 4.74 Å². The van der Waals surface area contributed by atoms with E-state index in [1.807, 2.05) is 31.2 Å². The second-order valence-corrected chi connectivity index (χ2v) is 7.25. The van der Waals surface area contributed by atoms with Gasteiger partial charge in [0.25, 0.3) is 0 Å². The van der Waals surface area contributed by atoms with Gasteiger partial charge < -0.3 is 20.3 Å². The SMILES string of the molecule is COc1cc(C)ccc1NC(=O)NCC(C)N1CCN(c2ccccc2)CC1. The molecule has 2 N–H and O–H groups in total. The maximum atomic E-state index is 12.3. The molecular weight excluding hydrogens is 352 g/mol. The number of hydrogen-bond donors (Lipinski definition) is 2. The number of carbonyl (C=O) groups excluding carboxylic acids is 1. The standard InChI is InChI=1S/C22H30N4O2/c1-17-9-10-20(21(15-17)28-3)24-22(27)23-16-18(2)25-11-13-26(14-12-25)19-7-5-4-6-8-19/h4-10,15,18H,11-14,16H2,1-3H3,(H2,23,24,27). The van der Waals surface area contributed by atoms with Crippen LogP contribution in [0.5, 0.6) is 5.75 Å². The van der Waals surface area contributed by atoms with E-state index in [1.54, 1.807) is 7.11 Å². The van der Waals surface area contributed by atoms with Crippen molar-refractivity contribution in [2.75, 3.05) is 50.1 Å². The van der Waals surface area contributed by atoms with Gasteiger partial charge in [-0.2, -0.15) is 0 Å². The van der Waals surface area contributed by atoms with Crippen molar-refractivity contribution in [1.29, 1.82) is 0 Å². The molecule has 6 heteroatoms. The van der Waals surface area contributed by atoms with Gasteiger partial charge in [0.15, 0.2) is 0 Å². The van der Waals surface area contributed by atoms with E-state index in [0.29, 0.717) is 18.0 Å². The predicted molar refractivity (Wildman–Crippen MR) is 114 cm³/mol. The number of rotatable bonds is 6. The molecule has 2 amide bonds. The summed E-state index contributed by atoms with van der Waals surface area (Å²) in [7, 11) is 1.61. The first-order valence-electron chi connectivity index (χ1n) is 9.80. The summed E-state index contributed by atoms with van der Waals surface area (Å²) < 4.78 is 5.34. The van der Waals surface area contributed by atoms with E-state index in [1.165, 1.54) is 5.69 Å². The largest absolute Gasteiger partial charge is 0.495 e. The zero-order valence-electron chi connectivity index (χ0n) is 16.9. The van der Waals surface area contributed by atoms with Gasteiger partial charge in [-0.05, 0) is 43.7 Å². The molecule has 1 saturated heterocycles. The lowest BCUT2D eigenvalue weighted by Crippen LogP contribution is -2.52. The third kappa shape index (κ3) is 5.16. The number of ether oxygens (including phenoxy) is 1. The minimum atomic E-state index is -0.211. The highest BCUT2D eigenvalue weighted by Crippen LogP contribution is 2.25. The number of para-hydroxylation sites is 1. The molecule has 1 fully saturated rings. The highest BCUT2D eigenvalue weighted by molar-refractivity contribution is 5.91. The van der Waals surface area contributed by atoms with Crippen molar-refractivity contribution in [3.8, 4) is 5.75 Å². The van der Waals surface area contributed by atoms with Crippen LogP contribution in [-0.2, 0) is 0 Å². The monoisotopic (exact) mass is 382 g/mol. The van der Waals surface area contributed by atoms with Crippen molar-refractivity contribution < 1.29 is 9.53 Å². The third-order valence-corrected chi connectivity index (χ3v) is 5.22. The lowest BCUT2D eigenvalue weighted by atomic mass is 10.2. The highest BCUT2D eigenvalue weighted by atomic mass is 16.5. The average Bonchev–Trinajstić information content (AvgIpc) is 2.74. The van der Waals surface area contributed by atoms with Gasteiger partial charge in [-0.15, -0.1) is 0 Å². The predicted octanol–water partition coefficient (Wildman–Crippen LogP) is 3.34. The first-order chi connectivity index (χ1) is 13.6. The molecule has 0 radical (unpaired) electrons. The first kappa shape index (κ1) is 20.0. The van der Waals surface area contributed by atoms with Crippen LogP contribution in [0.15, 0.2) is 48.5 Å². The molecule has 0 saturated carbocycles. The molecule has 1 heterocycles. The topological polar surface area (TPSA) is 56.8 Å². The molecule has 0 aliphatic carbocycles. The molecule has 2 aromatic rings.